The SMILES string of the molecule is CCCS(=O)(=O)N(CCC(C)C)CC(=O)N(Cc1ccccc1C)C1CCN(C(=O)Nc2cccc(F)c2)CC1. The van der Waals surface area contributed by atoms with Gasteiger partial charge in [-0.05, 0) is 67.9 Å². The van der Waals surface area contributed by atoms with E-state index in [0.29, 0.717) is 63.5 Å². The second-order valence-electron chi connectivity index (χ2n) is 10.9. The van der Waals surface area contributed by atoms with E-state index in [1.165, 1.54) is 22.5 Å². The molecule has 3 rings (SSSR count). The summed E-state index contributed by atoms with van der Waals surface area (Å²) in [5, 5.41) is 2.74. The van der Waals surface area contributed by atoms with Gasteiger partial charge >= 0.3 is 6.03 Å². The Labute approximate surface area is 238 Å². The van der Waals surface area contributed by atoms with E-state index < -0.39 is 15.8 Å². The molecule has 0 spiro atoms. The van der Waals surface area contributed by atoms with Crippen LogP contribution < -0.4 is 5.32 Å². The van der Waals surface area contributed by atoms with Crippen LogP contribution in [-0.2, 0) is 21.4 Å². The predicted octanol–water partition coefficient (Wildman–Crippen LogP) is 5.25. The highest BCUT2D eigenvalue weighted by atomic mass is 32.2. The minimum absolute atomic E-state index is 0.00891. The lowest BCUT2D eigenvalue weighted by atomic mass is 10.0. The van der Waals surface area contributed by atoms with Crippen LogP contribution in [0, 0.1) is 18.7 Å². The molecule has 220 valence electrons. The number of hydrogen-bond donors (Lipinski definition) is 1. The Hall–Kier alpha value is -2.98. The molecule has 8 nitrogen and oxygen atoms in total. The molecule has 0 bridgehead atoms. The Bertz CT molecular complexity index is 1250. The molecule has 1 fully saturated rings. The number of hydrogen-bond acceptors (Lipinski definition) is 4. The van der Waals surface area contributed by atoms with Crippen molar-refractivity contribution < 1.29 is 22.4 Å². The molecule has 1 saturated heterocycles. The van der Waals surface area contributed by atoms with Crippen LogP contribution in [0.5, 0.6) is 0 Å². The number of rotatable bonds is 12. The van der Waals surface area contributed by atoms with Gasteiger partial charge in [0.2, 0.25) is 15.9 Å². The largest absolute Gasteiger partial charge is 0.334 e. The van der Waals surface area contributed by atoms with Gasteiger partial charge in [-0.2, -0.15) is 4.31 Å². The van der Waals surface area contributed by atoms with Crippen LogP contribution in [0.3, 0.4) is 0 Å². The fourth-order valence-corrected chi connectivity index (χ4v) is 6.35. The van der Waals surface area contributed by atoms with E-state index >= 15 is 0 Å². The summed E-state index contributed by atoms with van der Waals surface area (Å²) in [6, 6.07) is 13.2. The fraction of sp³-hybridized carbons (Fsp3) is 0.533. The lowest BCUT2D eigenvalue weighted by Gasteiger charge is -2.39. The zero-order valence-corrected chi connectivity index (χ0v) is 24.9. The Kier molecular flexibility index (Phi) is 11.5. The molecule has 1 aliphatic rings. The standard InChI is InChI=1S/C30H43FN4O4S/c1-5-19-40(38,39)34(18-13-23(2)3)22-29(36)35(21-25-10-7-6-9-24(25)4)28-14-16-33(17-15-28)30(37)32-27-12-8-11-26(31)20-27/h6-12,20,23,28H,5,13-19,21-22H2,1-4H3,(H,32,37). The first-order chi connectivity index (χ1) is 19.0. The Morgan fingerprint density at radius 3 is 2.42 bits per heavy atom. The van der Waals surface area contributed by atoms with Crippen LogP contribution in [0.15, 0.2) is 48.5 Å². The van der Waals surface area contributed by atoms with Gasteiger partial charge < -0.3 is 15.1 Å². The van der Waals surface area contributed by atoms with Crippen molar-refractivity contribution in [3.05, 3.63) is 65.5 Å². The quantitative estimate of drug-likeness (QED) is 0.375. The van der Waals surface area contributed by atoms with Crippen LogP contribution in [0.2, 0.25) is 0 Å². The topological polar surface area (TPSA) is 90.0 Å². The molecular weight excluding hydrogens is 531 g/mol. The van der Waals surface area contributed by atoms with Crippen molar-refractivity contribution in [2.45, 2.75) is 66.0 Å². The zero-order valence-electron chi connectivity index (χ0n) is 24.1. The Balaban J connectivity index is 1.76. The van der Waals surface area contributed by atoms with Crippen LogP contribution >= 0.6 is 0 Å². The number of urea groups is 1. The highest BCUT2D eigenvalue weighted by molar-refractivity contribution is 7.89. The molecule has 0 aromatic heterocycles. The number of nitrogens with one attached hydrogen (secondary N) is 1. The number of carbonyl (C=O) groups is 2. The van der Waals surface area contributed by atoms with E-state index in [4.69, 9.17) is 0 Å². The molecule has 0 radical (unpaired) electrons. The Morgan fingerprint density at radius 2 is 1.80 bits per heavy atom. The molecule has 2 aromatic rings. The monoisotopic (exact) mass is 574 g/mol. The van der Waals surface area contributed by atoms with Gasteiger partial charge in [0.15, 0.2) is 0 Å². The molecular formula is C30H43FN4O4S. The number of amides is 3. The first-order valence-corrected chi connectivity index (χ1v) is 15.7. The maximum Gasteiger partial charge on any atom is 0.321 e. The minimum atomic E-state index is -3.56. The Morgan fingerprint density at radius 1 is 1.10 bits per heavy atom. The van der Waals surface area contributed by atoms with Crippen molar-refractivity contribution in [3.8, 4) is 0 Å². The summed E-state index contributed by atoms with van der Waals surface area (Å²) < 4.78 is 41.0. The van der Waals surface area contributed by atoms with Gasteiger partial charge in [0, 0.05) is 37.9 Å². The highest BCUT2D eigenvalue weighted by Crippen LogP contribution is 2.23. The van der Waals surface area contributed by atoms with Gasteiger partial charge in [-0.25, -0.2) is 17.6 Å². The average Bonchev–Trinajstić information content (AvgIpc) is 2.90. The second kappa shape index (κ2) is 14.6. The summed E-state index contributed by atoms with van der Waals surface area (Å²) in [4.78, 5) is 30.1. The van der Waals surface area contributed by atoms with E-state index in [1.54, 1.807) is 15.9 Å². The molecule has 0 unspecified atom stereocenters. The van der Waals surface area contributed by atoms with E-state index in [1.807, 2.05) is 52.0 Å². The van der Waals surface area contributed by atoms with Gasteiger partial charge in [0.1, 0.15) is 5.82 Å². The molecule has 2 aromatic carbocycles. The number of sulfonamides is 1. The van der Waals surface area contributed by atoms with Crippen molar-refractivity contribution in [1.82, 2.24) is 14.1 Å². The number of halogens is 1. The number of piperidine rings is 1. The third kappa shape index (κ3) is 9.02. The maximum atomic E-state index is 13.8. The maximum absolute atomic E-state index is 13.8. The van der Waals surface area contributed by atoms with Crippen LogP contribution in [0.1, 0.15) is 57.6 Å². The van der Waals surface area contributed by atoms with E-state index in [2.05, 4.69) is 5.32 Å². The summed E-state index contributed by atoms with van der Waals surface area (Å²) in [6.07, 6.45) is 2.27. The van der Waals surface area contributed by atoms with Gasteiger partial charge in [-0.15, -0.1) is 0 Å². The molecule has 0 atom stereocenters. The number of aryl methyl sites for hydroxylation is 1. The summed E-state index contributed by atoms with van der Waals surface area (Å²) in [6.45, 7) is 9.23. The molecule has 1 N–H and O–H groups in total. The highest BCUT2D eigenvalue weighted by Gasteiger charge is 2.33. The molecule has 1 aliphatic heterocycles. The minimum Gasteiger partial charge on any atom is -0.334 e. The van der Waals surface area contributed by atoms with Crippen molar-refractivity contribution in [2.75, 3.05) is 37.2 Å². The van der Waals surface area contributed by atoms with Gasteiger partial charge in [0.05, 0.1) is 12.3 Å². The van der Waals surface area contributed by atoms with Gasteiger partial charge in [-0.1, -0.05) is 51.1 Å². The van der Waals surface area contributed by atoms with Crippen molar-refractivity contribution in [2.24, 2.45) is 5.92 Å². The van der Waals surface area contributed by atoms with E-state index in [-0.39, 0.29) is 30.3 Å². The van der Waals surface area contributed by atoms with Crippen molar-refractivity contribution >= 4 is 27.6 Å². The molecule has 0 aliphatic carbocycles. The lowest BCUT2D eigenvalue weighted by Crippen LogP contribution is -2.52. The van der Waals surface area contributed by atoms with E-state index in [0.717, 1.165) is 11.1 Å². The van der Waals surface area contributed by atoms with Crippen molar-refractivity contribution in [3.63, 3.8) is 0 Å². The van der Waals surface area contributed by atoms with Crippen LogP contribution in [-0.4, -0.2) is 72.4 Å². The van der Waals surface area contributed by atoms with E-state index in [9.17, 15) is 22.4 Å². The number of likely N-dealkylation sites (tertiary alicyclic amines) is 1. The first kappa shape index (κ1) is 31.5. The first-order valence-electron chi connectivity index (χ1n) is 14.1. The lowest BCUT2D eigenvalue weighted by molar-refractivity contribution is -0.135. The van der Waals surface area contributed by atoms with Gasteiger partial charge in [0.25, 0.3) is 0 Å². The summed E-state index contributed by atoms with van der Waals surface area (Å²) in [5.74, 6) is -0.338. The van der Waals surface area contributed by atoms with Crippen molar-refractivity contribution in [1.29, 1.82) is 0 Å². The molecule has 40 heavy (non-hydrogen) atoms. The number of nitrogens with zero attached hydrogens (tertiary/aromatic N) is 3. The van der Waals surface area contributed by atoms with Gasteiger partial charge in [-0.3, -0.25) is 4.79 Å². The molecule has 0 saturated carbocycles. The molecule has 1 heterocycles. The summed E-state index contributed by atoms with van der Waals surface area (Å²) in [5.41, 5.74) is 2.45. The molecule has 10 heteroatoms. The van der Waals surface area contributed by atoms with Crippen LogP contribution in [0.25, 0.3) is 0 Å². The zero-order chi connectivity index (χ0) is 29.3. The fourth-order valence-electron chi connectivity index (χ4n) is 4.89. The third-order valence-corrected chi connectivity index (χ3v) is 9.34. The van der Waals surface area contributed by atoms with Crippen LogP contribution in [0.4, 0.5) is 14.9 Å². The normalized spacial score (nSPS) is 14.5. The number of anilines is 1. The third-order valence-electron chi connectivity index (χ3n) is 7.31. The number of benzene rings is 2. The number of carbonyl (C=O) groups excluding carboxylic acids is 2. The summed E-state index contributed by atoms with van der Waals surface area (Å²) >= 11 is 0. The smallest absolute Gasteiger partial charge is 0.321 e. The summed E-state index contributed by atoms with van der Waals surface area (Å²) in [7, 11) is -3.56. The average molecular weight is 575 g/mol. The predicted molar refractivity (Wildman–Crippen MR) is 157 cm³/mol. The second-order valence-corrected chi connectivity index (χ2v) is 13.0. The molecule has 3 amide bonds.